The predicted molar refractivity (Wildman–Crippen MR) is 95.1 cm³/mol. The van der Waals surface area contributed by atoms with Crippen LogP contribution in [0.15, 0.2) is 42.5 Å². The number of benzene rings is 2. The van der Waals surface area contributed by atoms with Crippen molar-refractivity contribution in [2.45, 2.75) is 38.1 Å². The molecule has 1 aliphatic rings. The first-order valence-corrected chi connectivity index (χ1v) is 8.69. The van der Waals surface area contributed by atoms with Crippen LogP contribution in [0.2, 0.25) is 10.0 Å². The van der Waals surface area contributed by atoms with E-state index in [9.17, 15) is 0 Å². The van der Waals surface area contributed by atoms with Gasteiger partial charge in [-0.2, -0.15) is 0 Å². The first kappa shape index (κ1) is 15.9. The Labute approximate surface area is 142 Å². The van der Waals surface area contributed by atoms with Gasteiger partial charge >= 0.3 is 0 Å². The van der Waals surface area contributed by atoms with Crippen molar-refractivity contribution in [1.82, 2.24) is 5.32 Å². The van der Waals surface area contributed by atoms with Gasteiger partial charge in [0.25, 0.3) is 0 Å². The summed E-state index contributed by atoms with van der Waals surface area (Å²) in [5.74, 6) is 0.488. The van der Waals surface area contributed by atoms with Crippen LogP contribution in [0.25, 0.3) is 0 Å². The van der Waals surface area contributed by atoms with Gasteiger partial charge in [-0.15, -0.1) is 0 Å². The molecule has 0 bridgehead atoms. The number of fused-ring (bicyclic) bond motifs is 1. The Kier molecular flexibility index (Phi) is 5.07. The third-order valence-corrected chi connectivity index (χ3v) is 5.31. The Morgan fingerprint density at radius 1 is 1.09 bits per heavy atom. The summed E-state index contributed by atoms with van der Waals surface area (Å²) in [6, 6.07) is 15.3. The molecule has 0 spiro atoms. The highest BCUT2D eigenvalue weighted by Gasteiger charge is 2.28. The van der Waals surface area contributed by atoms with Crippen LogP contribution in [-0.2, 0) is 12.8 Å². The lowest BCUT2D eigenvalue weighted by molar-refractivity contribution is 0.392. The van der Waals surface area contributed by atoms with Crippen LogP contribution in [0.3, 0.4) is 0 Å². The molecule has 2 unspecified atom stereocenters. The van der Waals surface area contributed by atoms with E-state index >= 15 is 0 Å². The Bertz CT molecular complexity index is 654. The fraction of sp³-hybridized carbons (Fsp3) is 0.368. The Morgan fingerprint density at radius 2 is 1.91 bits per heavy atom. The minimum Gasteiger partial charge on any atom is -0.314 e. The molecule has 22 heavy (non-hydrogen) atoms. The Balaban J connectivity index is 1.91. The van der Waals surface area contributed by atoms with Gasteiger partial charge in [-0.25, -0.2) is 0 Å². The van der Waals surface area contributed by atoms with Gasteiger partial charge in [0.15, 0.2) is 0 Å². The van der Waals surface area contributed by atoms with E-state index in [1.54, 1.807) is 0 Å². The largest absolute Gasteiger partial charge is 0.314 e. The number of halogens is 2. The van der Waals surface area contributed by atoms with Gasteiger partial charge in [0, 0.05) is 12.0 Å². The lowest BCUT2D eigenvalue weighted by Crippen LogP contribution is -2.39. The van der Waals surface area contributed by atoms with Gasteiger partial charge in [-0.1, -0.05) is 60.5 Å². The molecular weight excluding hydrogens is 313 g/mol. The lowest BCUT2D eigenvalue weighted by Gasteiger charge is -2.34. The van der Waals surface area contributed by atoms with E-state index in [0.717, 1.165) is 19.4 Å². The van der Waals surface area contributed by atoms with E-state index in [1.807, 2.05) is 12.1 Å². The van der Waals surface area contributed by atoms with Gasteiger partial charge in [0.1, 0.15) is 0 Å². The molecule has 1 nitrogen and oxygen atoms in total. The second kappa shape index (κ2) is 7.04. The molecule has 0 fully saturated rings. The van der Waals surface area contributed by atoms with Gasteiger partial charge in [-0.05, 0) is 54.6 Å². The first-order valence-electron chi connectivity index (χ1n) is 7.94. The van der Waals surface area contributed by atoms with Crippen molar-refractivity contribution >= 4 is 23.2 Å². The van der Waals surface area contributed by atoms with Crippen LogP contribution >= 0.6 is 23.2 Å². The van der Waals surface area contributed by atoms with Crippen molar-refractivity contribution < 1.29 is 0 Å². The zero-order valence-corrected chi connectivity index (χ0v) is 14.3. The van der Waals surface area contributed by atoms with E-state index in [4.69, 9.17) is 23.2 Å². The third kappa shape index (κ3) is 3.32. The zero-order valence-electron chi connectivity index (χ0n) is 12.8. The summed E-state index contributed by atoms with van der Waals surface area (Å²) in [7, 11) is 0. The summed E-state index contributed by atoms with van der Waals surface area (Å²) in [5, 5.41) is 4.93. The minimum absolute atomic E-state index is 0.488. The fourth-order valence-corrected chi connectivity index (χ4v) is 3.85. The van der Waals surface area contributed by atoms with E-state index in [0.29, 0.717) is 22.0 Å². The molecule has 0 saturated carbocycles. The number of likely N-dealkylation sites (N-methyl/N-ethyl adjacent to an activating group) is 1. The van der Waals surface area contributed by atoms with Gasteiger partial charge in [0.05, 0.1) is 10.0 Å². The molecule has 116 valence electrons. The SMILES string of the molecule is CCNC1CCc2ccccc2C1Cc1ccc(Cl)c(Cl)c1. The molecule has 0 saturated heterocycles. The second-order valence-electron chi connectivity index (χ2n) is 5.96. The van der Waals surface area contributed by atoms with Crippen molar-refractivity contribution in [3.63, 3.8) is 0 Å². The molecular formula is C19H21Cl2N. The normalized spacial score (nSPS) is 20.7. The first-order chi connectivity index (χ1) is 10.7. The zero-order chi connectivity index (χ0) is 15.5. The standard InChI is InChI=1S/C19H21Cl2N/c1-2-22-19-10-8-14-5-3-4-6-15(14)16(19)11-13-7-9-17(20)18(21)12-13/h3-7,9,12,16,19,22H,2,8,10-11H2,1H3. The summed E-state index contributed by atoms with van der Waals surface area (Å²) in [5.41, 5.74) is 4.21. The van der Waals surface area contributed by atoms with Crippen LogP contribution in [0.5, 0.6) is 0 Å². The van der Waals surface area contributed by atoms with Crippen molar-refractivity contribution in [3.8, 4) is 0 Å². The van der Waals surface area contributed by atoms with Gasteiger partial charge in [-0.3, -0.25) is 0 Å². The Morgan fingerprint density at radius 3 is 2.68 bits per heavy atom. The van der Waals surface area contributed by atoms with E-state index in [2.05, 4.69) is 42.6 Å². The van der Waals surface area contributed by atoms with E-state index in [-0.39, 0.29) is 0 Å². The monoisotopic (exact) mass is 333 g/mol. The minimum atomic E-state index is 0.488. The maximum Gasteiger partial charge on any atom is 0.0595 e. The molecule has 0 amide bonds. The molecule has 3 heteroatoms. The molecule has 2 aromatic rings. The third-order valence-electron chi connectivity index (χ3n) is 4.57. The maximum absolute atomic E-state index is 6.18. The summed E-state index contributed by atoms with van der Waals surface area (Å²) < 4.78 is 0. The number of rotatable bonds is 4. The number of nitrogens with one attached hydrogen (secondary N) is 1. The molecule has 2 aromatic carbocycles. The molecule has 1 N–H and O–H groups in total. The van der Waals surface area contributed by atoms with Crippen molar-refractivity contribution in [2.24, 2.45) is 0 Å². The highest BCUT2D eigenvalue weighted by molar-refractivity contribution is 6.42. The summed E-state index contributed by atoms with van der Waals surface area (Å²) in [6.45, 7) is 3.18. The fourth-order valence-electron chi connectivity index (χ4n) is 3.53. The Hall–Kier alpha value is -1.02. The summed E-state index contributed by atoms with van der Waals surface area (Å²) >= 11 is 12.2. The molecule has 0 aromatic heterocycles. The van der Waals surface area contributed by atoms with Crippen LogP contribution in [0.4, 0.5) is 0 Å². The van der Waals surface area contributed by atoms with Crippen molar-refractivity contribution in [2.75, 3.05) is 6.54 Å². The summed E-state index contributed by atoms with van der Waals surface area (Å²) in [6.07, 6.45) is 3.34. The number of aryl methyl sites for hydroxylation is 1. The maximum atomic E-state index is 6.18. The van der Waals surface area contributed by atoms with Gasteiger partial charge < -0.3 is 5.32 Å². The molecule has 3 rings (SSSR count). The topological polar surface area (TPSA) is 12.0 Å². The average Bonchev–Trinajstić information content (AvgIpc) is 2.53. The molecule has 2 atom stereocenters. The predicted octanol–water partition coefficient (Wildman–Crippen LogP) is 5.24. The molecule has 0 heterocycles. The number of hydrogen-bond donors (Lipinski definition) is 1. The molecule has 0 aliphatic heterocycles. The lowest BCUT2D eigenvalue weighted by atomic mass is 9.76. The molecule has 1 aliphatic carbocycles. The van der Waals surface area contributed by atoms with E-state index in [1.165, 1.54) is 23.1 Å². The van der Waals surface area contributed by atoms with Crippen LogP contribution in [0.1, 0.15) is 36.0 Å². The van der Waals surface area contributed by atoms with Crippen LogP contribution in [0, 0.1) is 0 Å². The smallest absolute Gasteiger partial charge is 0.0595 e. The quantitative estimate of drug-likeness (QED) is 0.806. The second-order valence-corrected chi connectivity index (χ2v) is 6.78. The highest BCUT2D eigenvalue weighted by Crippen LogP contribution is 2.35. The van der Waals surface area contributed by atoms with Crippen LogP contribution in [-0.4, -0.2) is 12.6 Å². The number of hydrogen-bond acceptors (Lipinski definition) is 1. The van der Waals surface area contributed by atoms with E-state index < -0.39 is 0 Å². The molecule has 0 radical (unpaired) electrons. The van der Waals surface area contributed by atoms with Gasteiger partial charge in [0.2, 0.25) is 0 Å². The average molecular weight is 334 g/mol. The van der Waals surface area contributed by atoms with Crippen molar-refractivity contribution in [1.29, 1.82) is 0 Å². The summed E-state index contributed by atoms with van der Waals surface area (Å²) in [4.78, 5) is 0. The van der Waals surface area contributed by atoms with Crippen LogP contribution < -0.4 is 5.32 Å². The highest BCUT2D eigenvalue weighted by atomic mass is 35.5. The van der Waals surface area contributed by atoms with Crippen molar-refractivity contribution in [3.05, 3.63) is 69.2 Å².